The van der Waals surface area contributed by atoms with Crippen LogP contribution in [0.15, 0.2) is 79.0 Å². The number of amides is 3. The Hall–Kier alpha value is -4.63. The maximum atomic E-state index is 13.5. The minimum atomic E-state index is -0.925. The van der Waals surface area contributed by atoms with Crippen LogP contribution in [-0.4, -0.2) is 55.7 Å². The van der Waals surface area contributed by atoms with Gasteiger partial charge in [0.2, 0.25) is 11.8 Å². The molecule has 0 saturated carbocycles. The van der Waals surface area contributed by atoms with E-state index in [1.165, 1.54) is 4.90 Å². The van der Waals surface area contributed by atoms with E-state index in [0.29, 0.717) is 5.69 Å². The van der Waals surface area contributed by atoms with Gasteiger partial charge in [0, 0.05) is 42.3 Å². The summed E-state index contributed by atoms with van der Waals surface area (Å²) in [5.74, 6) is -0.772. The largest absolute Gasteiger partial charge is 0.449 e. The maximum Gasteiger partial charge on any atom is 0.407 e. The van der Waals surface area contributed by atoms with Crippen LogP contribution in [0, 0.1) is 0 Å². The van der Waals surface area contributed by atoms with Crippen LogP contribution in [0.2, 0.25) is 0 Å². The molecule has 1 unspecified atom stereocenters. The van der Waals surface area contributed by atoms with Crippen molar-refractivity contribution in [2.75, 3.05) is 31.6 Å². The monoisotopic (exact) mass is 525 g/mol. The van der Waals surface area contributed by atoms with E-state index in [9.17, 15) is 14.4 Å². The molecule has 1 aliphatic rings. The second-order valence-corrected chi connectivity index (χ2v) is 9.51. The lowest BCUT2D eigenvalue weighted by Gasteiger charge is -2.25. The molecule has 9 heteroatoms. The third kappa shape index (κ3) is 5.49. The van der Waals surface area contributed by atoms with E-state index in [1.54, 1.807) is 7.05 Å². The van der Waals surface area contributed by atoms with Crippen LogP contribution in [0.4, 0.5) is 10.5 Å². The van der Waals surface area contributed by atoms with Gasteiger partial charge in [-0.3, -0.25) is 9.59 Å². The van der Waals surface area contributed by atoms with Crippen LogP contribution in [0.25, 0.3) is 22.0 Å². The number of nitrogens with zero attached hydrogens (tertiary/aromatic N) is 1. The Kier molecular flexibility index (Phi) is 7.60. The quantitative estimate of drug-likeness (QED) is 0.266. The number of carbonyl (C=O) groups is 3. The number of aromatic nitrogens is 1. The highest BCUT2D eigenvalue weighted by molar-refractivity contribution is 6.00. The summed E-state index contributed by atoms with van der Waals surface area (Å²) in [7, 11) is 1.65. The zero-order valence-electron chi connectivity index (χ0n) is 21.6. The number of fused-ring (bicyclic) bond motifs is 4. The number of likely N-dealkylation sites (N-methyl/N-ethyl adjacent to an activating group) is 1. The summed E-state index contributed by atoms with van der Waals surface area (Å²) in [5.41, 5.74) is 11.5. The number of nitrogens with two attached hydrogens (primary N) is 1. The van der Waals surface area contributed by atoms with E-state index in [-0.39, 0.29) is 43.8 Å². The van der Waals surface area contributed by atoms with Crippen LogP contribution < -0.4 is 21.3 Å². The third-order valence-corrected chi connectivity index (χ3v) is 7.13. The number of hydrogen-bond acceptors (Lipinski definition) is 5. The fraction of sp³-hybridized carbons (Fsp3) is 0.233. The van der Waals surface area contributed by atoms with Gasteiger partial charge in [-0.1, -0.05) is 48.5 Å². The van der Waals surface area contributed by atoms with Gasteiger partial charge in [-0.05, 0) is 52.9 Å². The average molecular weight is 526 g/mol. The van der Waals surface area contributed by atoms with E-state index in [1.807, 2.05) is 66.9 Å². The van der Waals surface area contributed by atoms with Gasteiger partial charge < -0.3 is 31.0 Å². The highest BCUT2D eigenvalue weighted by Gasteiger charge is 2.30. The standard InChI is InChI=1S/C30H31N5O4/c1-35(20-10-11-26-19(16-20)12-14-32-26)29(37)27(13-15-33-28(36)17-31)34-30(38)39-18-25-23-8-4-2-6-21(23)22-7-3-5-9-24(22)25/h2-12,14,16,25,27,32H,13,15,17-18,31H2,1H3,(H,33,36)(H,34,38). The maximum absolute atomic E-state index is 13.5. The van der Waals surface area contributed by atoms with Crippen molar-refractivity contribution in [1.82, 2.24) is 15.6 Å². The Morgan fingerprint density at radius 1 is 1.00 bits per heavy atom. The van der Waals surface area contributed by atoms with Gasteiger partial charge in [-0.15, -0.1) is 0 Å². The Balaban J connectivity index is 1.28. The van der Waals surface area contributed by atoms with Crippen LogP contribution in [-0.2, 0) is 14.3 Å². The number of carbonyl (C=O) groups excluding carboxylic acids is 3. The lowest BCUT2D eigenvalue weighted by atomic mass is 9.98. The first kappa shape index (κ1) is 26.0. The number of anilines is 1. The molecular formula is C30H31N5O4. The molecule has 5 rings (SSSR count). The molecule has 1 heterocycles. The Bertz CT molecular complexity index is 1470. The fourth-order valence-corrected chi connectivity index (χ4v) is 5.08. The molecule has 0 spiro atoms. The number of ether oxygens (including phenoxy) is 1. The summed E-state index contributed by atoms with van der Waals surface area (Å²) >= 11 is 0. The first-order chi connectivity index (χ1) is 19.0. The zero-order chi connectivity index (χ0) is 27.4. The summed E-state index contributed by atoms with van der Waals surface area (Å²) in [6, 6.07) is 22.8. The second-order valence-electron chi connectivity index (χ2n) is 9.51. The molecule has 0 radical (unpaired) electrons. The van der Waals surface area contributed by atoms with Gasteiger partial charge in [0.25, 0.3) is 0 Å². The van der Waals surface area contributed by atoms with Gasteiger partial charge in [0.15, 0.2) is 0 Å². The number of alkyl carbamates (subject to hydrolysis) is 1. The van der Waals surface area contributed by atoms with E-state index in [4.69, 9.17) is 10.5 Å². The van der Waals surface area contributed by atoms with Gasteiger partial charge in [-0.25, -0.2) is 4.79 Å². The fourth-order valence-electron chi connectivity index (χ4n) is 5.08. The Labute approximate surface area is 226 Å². The molecule has 1 atom stereocenters. The first-order valence-electron chi connectivity index (χ1n) is 12.9. The molecule has 0 fully saturated rings. The van der Waals surface area contributed by atoms with E-state index in [2.05, 4.69) is 27.8 Å². The molecule has 1 aromatic heterocycles. The van der Waals surface area contributed by atoms with Gasteiger partial charge in [0.05, 0.1) is 6.54 Å². The topological polar surface area (TPSA) is 130 Å². The van der Waals surface area contributed by atoms with Crippen molar-refractivity contribution >= 4 is 34.5 Å². The Morgan fingerprint density at radius 2 is 1.69 bits per heavy atom. The summed E-state index contributed by atoms with van der Waals surface area (Å²) in [4.78, 5) is 42.7. The van der Waals surface area contributed by atoms with Crippen LogP contribution in [0.1, 0.15) is 23.5 Å². The predicted molar refractivity (Wildman–Crippen MR) is 150 cm³/mol. The molecule has 1 aliphatic carbocycles. The molecular weight excluding hydrogens is 494 g/mol. The zero-order valence-corrected chi connectivity index (χ0v) is 21.6. The summed E-state index contributed by atoms with van der Waals surface area (Å²) < 4.78 is 5.67. The van der Waals surface area contributed by atoms with E-state index in [0.717, 1.165) is 33.2 Å². The van der Waals surface area contributed by atoms with E-state index < -0.39 is 12.1 Å². The normalized spacial score (nSPS) is 12.9. The number of nitrogens with one attached hydrogen (secondary N) is 3. The highest BCUT2D eigenvalue weighted by Crippen LogP contribution is 2.44. The highest BCUT2D eigenvalue weighted by atomic mass is 16.5. The molecule has 3 amide bonds. The molecule has 0 saturated heterocycles. The molecule has 3 aromatic carbocycles. The second kappa shape index (κ2) is 11.4. The van der Waals surface area contributed by atoms with Crippen molar-refractivity contribution in [2.24, 2.45) is 5.73 Å². The summed E-state index contributed by atoms with van der Waals surface area (Å²) in [6.07, 6.45) is 1.30. The third-order valence-electron chi connectivity index (χ3n) is 7.13. The van der Waals surface area contributed by atoms with Crippen molar-refractivity contribution in [2.45, 2.75) is 18.4 Å². The number of benzene rings is 3. The predicted octanol–water partition coefficient (Wildman–Crippen LogP) is 3.50. The number of aromatic amines is 1. The SMILES string of the molecule is CN(C(=O)C(CCNC(=O)CN)NC(=O)OCC1c2ccccc2-c2ccccc21)c1ccc2[nH]ccc2c1. The summed E-state index contributed by atoms with van der Waals surface area (Å²) in [5, 5.41) is 6.34. The van der Waals surface area contributed by atoms with E-state index >= 15 is 0 Å². The molecule has 9 nitrogen and oxygen atoms in total. The first-order valence-corrected chi connectivity index (χ1v) is 12.9. The minimum absolute atomic E-state index is 0.100. The lowest BCUT2D eigenvalue weighted by molar-refractivity contribution is -0.122. The molecule has 5 N–H and O–H groups in total. The van der Waals surface area contributed by atoms with Gasteiger partial charge >= 0.3 is 6.09 Å². The molecule has 39 heavy (non-hydrogen) atoms. The smallest absolute Gasteiger partial charge is 0.407 e. The summed E-state index contributed by atoms with van der Waals surface area (Å²) in [6.45, 7) is 0.139. The van der Waals surface area contributed by atoms with Crippen molar-refractivity contribution in [3.05, 3.63) is 90.1 Å². The number of rotatable bonds is 9. The van der Waals surface area contributed by atoms with Crippen LogP contribution in [0.5, 0.6) is 0 Å². The van der Waals surface area contributed by atoms with Gasteiger partial charge in [-0.2, -0.15) is 0 Å². The van der Waals surface area contributed by atoms with Crippen molar-refractivity contribution in [3.8, 4) is 11.1 Å². The average Bonchev–Trinajstić information content (AvgIpc) is 3.56. The molecule has 4 aromatic rings. The minimum Gasteiger partial charge on any atom is -0.449 e. The van der Waals surface area contributed by atoms with Crippen molar-refractivity contribution in [3.63, 3.8) is 0 Å². The van der Waals surface area contributed by atoms with Crippen molar-refractivity contribution in [1.29, 1.82) is 0 Å². The van der Waals surface area contributed by atoms with Crippen molar-refractivity contribution < 1.29 is 19.1 Å². The number of hydrogen-bond donors (Lipinski definition) is 4. The number of H-pyrrole nitrogens is 1. The van der Waals surface area contributed by atoms with Gasteiger partial charge in [0.1, 0.15) is 12.6 Å². The molecule has 0 aliphatic heterocycles. The molecule has 0 bridgehead atoms. The van der Waals surface area contributed by atoms with Crippen LogP contribution in [0.3, 0.4) is 0 Å². The lowest BCUT2D eigenvalue weighted by Crippen LogP contribution is -2.49. The van der Waals surface area contributed by atoms with Crippen LogP contribution >= 0.6 is 0 Å². The Morgan fingerprint density at radius 3 is 2.38 bits per heavy atom. The molecule has 200 valence electrons.